The van der Waals surface area contributed by atoms with E-state index < -0.39 is 5.44 Å². The fourth-order valence-corrected chi connectivity index (χ4v) is 3.40. The third kappa shape index (κ3) is 8.21. The van der Waals surface area contributed by atoms with E-state index in [4.69, 9.17) is 25.0 Å². The van der Waals surface area contributed by atoms with Crippen LogP contribution in [0.4, 0.5) is 0 Å². The molecule has 1 aliphatic heterocycles. The van der Waals surface area contributed by atoms with Gasteiger partial charge in [-0.1, -0.05) is 13.8 Å². The number of hydrogen-bond donors (Lipinski definition) is 2. The van der Waals surface area contributed by atoms with Crippen molar-refractivity contribution in [2.45, 2.75) is 75.4 Å². The molecule has 0 saturated carbocycles. The highest BCUT2D eigenvalue weighted by Gasteiger charge is 2.40. The summed E-state index contributed by atoms with van der Waals surface area (Å²) in [6.07, 6.45) is 1.34. The first-order valence-corrected chi connectivity index (χ1v) is 9.53. The van der Waals surface area contributed by atoms with E-state index in [0.717, 1.165) is 6.42 Å². The Morgan fingerprint density at radius 1 is 1.50 bits per heavy atom. The SMILES string of the molecule is CC(C)OPC(C)(C)CC1OC([B]C#CCN)CC1O[C@@H](S)C#N. The lowest BCUT2D eigenvalue weighted by Gasteiger charge is -2.30. The van der Waals surface area contributed by atoms with E-state index in [9.17, 15) is 0 Å². The minimum absolute atomic E-state index is 0.0346. The van der Waals surface area contributed by atoms with Crippen LogP contribution in [-0.4, -0.2) is 48.7 Å². The van der Waals surface area contributed by atoms with Crippen LogP contribution in [0.15, 0.2) is 0 Å². The van der Waals surface area contributed by atoms with Crippen molar-refractivity contribution in [3.8, 4) is 17.8 Å². The van der Waals surface area contributed by atoms with Gasteiger partial charge >= 0.3 is 0 Å². The highest BCUT2D eigenvalue weighted by Crippen LogP contribution is 2.40. The van der Waals surface area contributed by atoms with Crippen LogP contribution in [0.5, 0.6) is 0 Å². The van der Waals surface area contributed by atoms with Crippen molar-refractivity contribution in [3.63, 3.8) is 0 Å². The number of thiol groups is 1. The van der Waals surface area contributed by atoms with Crippen molar-refractivity contribution in [2.24, 2.45) is 5.73 Å². The molecule has 0 aromatic rings. The van der Waals surface area contributed by atoms with Gasteiger partial charge in [0.15, 0.2) is 5.44 Å². The van der Waals surface area contributed by atoms with Crippen molar-refractivity contribution in [1.29, 1.82) is 5.26 Å². The lowest BCUT2D eigenvalue weighted by atomic mass is 9.71. The first-order chi connectivity index (χ1) is 11.3. The van der Waals surface area contributed by atoms with Crippen LogP contribution in [-0.2, 0) is 14.0 Å². The lowest BCUT2D eigenvalue weighted by molar-refractivity contribution is -0.0173. The standard InChI is InChI=1S/C16H27BN2O3PS/c1-11(2)22-23-16(3,4)9-13-12(21-15(24)10-19)8-14(20-13)17-6-5-7-18/h11-15,23-24H,7-9,18H2,1-4H3/t12?,13?,14?,15-/m0/s1. The summed E-state index contributed by atoms with van der Waals surface area (Å²) in [7, 11) is 2.18. The van der Waals surface area contributed by atoms with Crippen LogP contribution in [0.3, 0.4) is 0 Å². The first kappa shape index (κ1) is 21.8. The van der Waals surface area contributed by atoms with Gasteiger partial charge in [0.2, 0.25) is 0 Å². The second-order valence-electron chi connectivity index (χ2n) is 6.65. The Labute approximate surface area is 153 Å². The highest BCUT2D eigenvalue weighted by molar-refractivity contribution is 7.81. The summed E-state index contributed by atoms with van der Waals surface area (Å²) in [6, 6.07) is 1.87. The number of nitrogens with zero attached hydrogens (tertiary/aromatic N) is 1. The third-order valence-electron chi connectivity index (χ3n) is 3.40. The van der Waals surface area contributed by atoms with Gasteiger partial charge in [0, 0.05) is 20.0 Å². The van der Waals surface area contributed by atoms with E-state index in [1.54, 1.807) is 0 Å². The Balaban J connectivity index is 2.69. The van der Waals surface area contributed by atoms with Gasteiger partial charge in [0.05, 0.1) is 24.9 Å². The molecule has 0 aromatic carbocycles. The summed E-state index contributed by atoms with van der Waals surface area (Å²) in [5, 5.41) is 8.91. The molecule has 5 nitrogen and oxygen atoms in total. The fourth-order valence-electron chi connectivity index (χ4n) is 2.41. The minimum Gasteiger partial charge on any atom is -0.380 e. The van der Waals surface area contributed by atoms with Gasteiger partial charge < -0.3 is 19.7 Å². The molecule has 4 unspecified atom stereocenters. The summed E-state index contributed by atoms with van der Waals surface area (Å²) in [5.41, 5.74) is 4.62. The second kappa shape index (κ2) is 10.7. The number of nitriles is 1. The molecular formula is C16H27BN2O3PS. The summed E-state index contributed by atoms with van der Waals surface area (Å²) in [5.74, 6) is 5.70. The molecule has 0 spiro atoms. The monoisotopic (exact) mass is 369 g/mol. The molecule has 1 fully saturated rings. The van der Waals surface area contributed by atoms with Crippen molar-refractivity contribution >= 4 is 28.7 Å². The Bertz CT molecular complexity index is 490. The van der Waals surface area contributed by atoms with Crippen LogP contribution in [0.1, 0.15) is 40.5 Å². The third-order valence-corrected chi connectivity index (χ3v) is 4.98. The van der Waals surface area contributed by atoms with Gasteiger partial charge in [0.25, 0.3) is 7.28 Å². The molecule has 1 rings (SSSR count). The minimum atomic E-state index is -0.757. The van der Waals surface area contributed by atoms with E-state index in [2.05, 4.69) is 38.2 Å². The average Bonchev–Trinajstić information content (AvgIpc) is 2.86. The second-order valence-corrected chi connectivity index (χ2v) is 8.92. The number of rotatable bonds is 8. The Morgan fingerprint density at radius 3 is 2.79 bits per heavy atom. The topological polar surface area (TPSA) is 77.5 Å². The van der Waals surface area contributed by atoms with Gasteiger partial charge in [-0.15, -0.1) is 18.5 Å². The van der Waals surface area contributed by atoms with E-state index in [1.807, 2.05) is 27.2 Å². The molecule has 133 valence electrons. The molecule has 1 saturated heterocycles. The molecule has 2 N–H and O–H groups in total. The quantitative estimate of drug-likeness (QED) is 0.225. The molecule has 0 aromatic heterocycles. The van der Waals surface area contributed by atoms with Crippen molar-refractivity contribution < 1.29 is 14.0 Å². The van der Waals surface area contributed by atoms with Crippen molar-refractivity contribution in [2.75, 3.05) is 6.54 Å². The molecule has 0 amide bonds. The first-order valence-electron chi connectivity index (χ1n) is 8.10. The molecule has 24 heavy (non-hydrogen) atoms. The van der Waals surface area contributed by atoms with Gasteiger partial charge in [-0.05, 0) is 26.7 Å². The van der Waals surface area contributed by atoms with Gasteiger partial charge in [0.1, 0.15) is 6.07 Å². The Hall–Kier alpha value is -0.265. The molecule has 0 bridgehead atoms. The Morgan fingerprint density at radius 2 is 2.21 bits per heavy atom. The van der Waals surface area contributed by atoms with E-state index in [-0.39, 0.29) is 29.5 Å². The molecule has 5 atom stereocenters. The largest absolute Gasteiger partial charge is 0.380 e. The Kier molecular flexibility index (Phi) is 9.68. The van der Waals surface area contributed by atoms with Crippen molar-refractivity contribution in [1.82, 2.24) is 0 Å². The van der Waals surface area contributed by atoms with E-state index >= 15 is 0 Å². The number of nitrogens with two attached hydrogens (primary N) is 1. The van der Waals surface area contributed by atoms with E-state index in [1.165, 1.54) is 0 Å². The predicted molar refractivity (Wildman–Crippen MR) is 102 cm³/mol. The maximum Gasteiger partial charge on any atom is 0.251 e. The van der Waals surface area contributed by atoms with Crippen LogP contribution in [0.25, 0.3) is 0 Å². The lowest BCUT2D eigenvalue weighted by Crippen LogP contribution is -2.33. The molecule has 1 aliphatic rings. The molecular weight excluding hydrogens is 342 g/mol. The maximum absolute atomic E-state index is 8.94. The summed E-state index contributed by atoms with van der Waals surface area (Å²) < 4.78 is 17.6. The zero-order chi connectivity index (χ0) is 18.2. The fraction of sp³-hybridized carbons (Fsp3) is 0.812. The van der Waals surface area contributed by atoms with Crippen LogP contribution in [0, 0.1) is 23.1 Å². The molecule has 8 heteroatoms. The van der Waals surface area contributed by atoms with Crippen LogP contribution >= 0.6 is 21.4 Å². The number of ether oxygens (including phenoxy) is 2. The zero-order valence-electron chi connectivity index (χ0n) is 14.8. The number of hydrogen-bond acceptors (Lipinski definition) is 6. The van der Waals surface area contributed by atoms with Crippen molar-refractivity contribution in [3.05, 3.63) is 0 Å². The van der Waals surface area contributed by atoms with Crippen LogP contribution in [0.2, 0.25) is 0 Å². The zero-order valence-corrected chi connectivity index (χ0v) is 16.7. The van der Waals surface area contributed by atoms with Crippen LogP contribution < -0.4 is 5.73 Å². The summed E-state index contributed by atoms with van der Waals surface area (Å²) >= 11 is 4.12. The normalized spacial score (nSPS) is 25.5. The van der Waals surface area contributed by atoms with Gasteiger partial charge in [-0.25, -0.2) is 0 Å². The summed E-state index contributed by atoms with van der Waals surface area (Å²) in [4.78, 5) is 0. The maximum atomic E-state index is 8.94. The van der Waals surface area contributed by atoms with E-state index in [0.29, 0.717) is 21.8 Å². The molecule has 1 heterocycles. The summed E-state index contributed by atoms with van der Waals surface area (Å²) in [6.45, 7) is 8.69. The molecule has 1 radical (unpaired) electrons. The average molecular weight is 369 g/mol. The van der Waals surface area contributed by atoms with Gasteiger partial charge in [-0.3, -0.25) is 0 Å². The van der Waals surface area contributed by atoms with Gasteiger partial charge in [-0.2, -0.15) is 11.1 Å². The highest BCUT2D eigenvalue weighted by atomic mass is 32.1. The predicted octanol–water partition coefficient (Wildman–Crippen LogP) is 2.08. The molecule has 0 aliphatic carbocycles. The smallest absolute Gasteiger partial charge is 0.251 e.